The third-order valence-corrected chi connectivity index (χ3v) is 2.97. The van der Waals surface area contributed by atoms with Gasteiger partial charge in [-0.2, -0.15) is 10.5 Å². The zero-order valence-electron chi connectivity index (χ0n) is 12.5. The van der Waals surface area contributed by atoms with Crippen molar-refractivity contribution >= 4 is 24.3 Å². The summed E-state index contributed by atoms with van der Waals surface area (Å²) in [6.45, 7) is 0. The molecule has 2 rings (SSSR count). The Labute approximate surface area is 137 Å². The second-order valence-corrected chi connectivity index (χ2v) is 4.63. The first kappa shape index (κ1) is 16.9. The van der Waals surface area contributed by atoms with Crippen LogP contribution in [0, 0.1) is 0 Å². The van der Waals surface area contributed by atoms with Gasteiger partial charge in [0.05, 0.1) is 6.21 Å². The van der Waals surface area contributed by atoms with Crippen molar-refractivity contribution in [3.8, 4) is 0 Å². The number of hydrogen-bond acceptors (Lipinski definition) is 7. The summed E-state index contributed by atoms with van der Waals surface area (Å²) >= 11 is 0. The van der Waals surface area contributed by atoms with Gasteiger partial charge in [0.2, 0.25) is 0 Å². The minimum Gasteiger partial charge on any atom is -0.350 e. The molecule has 1 aromatic carbocycles. The van der Waals surface area contributed by atoms with Crippen LogP contribution in [0.1, 0.15) is 20.7 Å². The average Bonchev–Trinajstić information content (AvgIpc) is 2.61. The Balaban J connectivity index is 2.22. The van der Waals surface area contributed by atoms with Crippen molar-refractivity contribution < 1.29 is 14.4 Å². The summed E-state index contributed by atoms with van der Waals surface area (Å²) in [5, 5.41) is 5.05. The third kappa shape index (κ3) is 4.52. The molecule has 24 heavy (non-hydrogen) atoms. The largest absolute Gasteiger partial charge is 0.350 e. The van der Waals surface area contributed by atoms with Gasteiger partial charge in [-0.05, 0) is 12.2 Å². The Morgan fingerprint density at radius 3 is 2.75 bits per heavy atom. The van der Waals surface area contributed by atoms with Crippen molar-refractivity contribution in [3.63, 3.8) is 0 Å². The van der Waals surface area contributed by atoms with Crippen LogP contribution < -0.4 is 22.0 Å². The lowest BCUT2D eigenvalue weighted by molar-refractivity contribution is 0.0911. The van der Waals surface area contributed by atoms with Crippen molar-refractivity contribution in [1.29, 1.82) is 0 Å². The molecule has 0 saturated heterocycles. The molecule has 124 valence electrons. The highest BCUT2D eigenvalue weighted by Crippen LogP contribution is 2.09. The van der Waals surface area contributed by atoms with Crippen LogP contribution >= 0.6 is 0 Å². The number of rotatable bonds is 7. The predicted octanol–water partition coefficient (Wildman–Crippen LogP) is 0.0567. The van der Waals surface area contributed by atoms with E-state index in [9.17, 15) is 14.4 Å². The highest BCUT2D eigenvalue weighted by Gasteiger charge is 2.22. The predicted molar refractivity (Wildman–Crippen MR) is 87.5 cm³/mol. The van der Waals surface area contributed by atoms with E-state index >= 15 is 0 Å². The van der Waals surface area contributed by atoms with Crippen LogP contribution in [0.4, 0.5) is 4.79 Å². The fourth-order valence-corrected chi connectivity index (χ4v) is 1.91. The van der Waals surface area contributed by atoms with E-state index in [0.29, 0.717) is 6.29 Å². The first-order valence-electron chi connectivity index (χ1n) is 6.94. The van der Waals surface area contributed by atoms with E-state index in [0.717, 1.165) is 0 Å². The SMILES string of the molecule is NC(=O)NN=C[C@H](NN1C=CC=CN1)C(=O)c1ccccc1C=O. The number of aldehydes is 1. The lowest BCUT2D eigenvalue weighted by Gasteiger charge is -2.26. The Morgan fingerprint density at radius 1 is 1.29 bits per heavy atom. The molecule has 1 aliphatic rings. The van der Waals surface area contributed by atoms with Crippen molar-refractivity contribution in [1.82, 2.24) is 21.4 Å². The van der Waals surface area contributed by atoms with Crippen LogP contribution in [-0.4, -0.2) is 35.5 Å². The number of ketones is 1. The summed E-state index contributed by atoms with van der Waals surface area (Å²) < 4.78 is 0. The van der Waals surface area contributed by atoms with E-state index in [1.807, 2.05) is 5.43 Å². The maximum atomic E-state index is 12.7. The molecule has 5 N–H and O–H groups in total. The highest BCUT2D eigenvalue weighted by molar-refractivity contribution is 6.12. The summed E-state index contributed by atoms with van der Waals surface area (Å²) in [5.74, 6) is -0.405. The number of hydrogen-bond donors (Lipinski definition) is 4. The monoisotopic (exact) mass is 328 g/mol. The Hall–Kier alpha value is -3.46. The normalized spacial score (nSPS) is 14.2. The van der Waals surface area contributed by atoms with Crippen molar-refractivity contribution in [2.75, 3.05) is 0 Å². The van der Waals surface area contributed by atoms with E-state index in [-0.39, 0.29) is 11.1 Å². The summed E-state index contributed by atoms with van der Waals surface area (Å²) in [5.41, 5.74) is 13.1. The first-order chi connectivity index (χ1) is 11.6. The van der Waals surface area contributed by atoms with E-state index in [1.165, 1.54) is 23.5 Å². The summed E-state index contributed by atoms with van der Waals surface area (Å²) in [4.78, 5) is 34.6. The molecular formula is C15H16N6O3. The number of hydrazine groups is 2. The second-order valence-electron chi connectivity index (χ2n) is 4.63. The molecule has 9 nitrogen and oxygen atoms in total. The number of nitrogens with two attached hydrogens (primary N) is 1. The highest BCUT2D eigenvalue weighted by atomic mass is 16.2. The van der Waals surface area contributed by atoms with Crippen LogP contribution in [0.15, 0.2) is 53.9 Å². The molecule has 1 aliphatic heterocycles. The molecule has 1 aromatic rings. The van der Waals surface area contributed by atoms with Gasteiger partial charge in [-0.3, -0.25) is 15.0 Å². The van der Waals surface area contributed by atoms with Gasteiger partial charge in [-0.15, -0.1) is 0 Å². The molecule has 0 unspecified atom stereocenters. The number of nitrogens with zero attached hydrogens (tertiary/aromatic N) is 2. The lowest BCUT2D eigenvalue weighted by Crippen LogP contribution is -2.52. The van der Waals surface area contributed by atoms with E-state index in [4.69, 9.17) is 5.73 Å². The van der Waals surface area contributed by atoms with Gasteiger partial charge < -0.3 is 5.73 Å². The third-order valence-electron chi connectivity index (χ3n) is 2.97. The number of urea groups is 1. The number of carbonyl (C=O) groups excluding carboxylic acids is 3. The van der Waals surface area contributed by atoms with Crippen molar-refractivity contribution in [3.05, 3.63) is 59.9 Å². The van der Waals surface area contributed by atoms with Crippen LogP contribution in [0.25, 0.3) is 0 Å². The summed E-state index contributed by atoms with van der Waals surface area (Å²) in [7, 11) is 0. The molecule has 1 atom stereocenters. The number of primary amides is 1. The Kier molecular flexibility index (Phi) is 5.81. The minimum atomic E-state index is -0.957. The molecule has 0 saturated carbocycles. The molecule has 1 heterocycles. The van der Waals surface area contributed by atoms with Crippen LogP contribution in [0.3, 0.4) is 0 Å². The van der Waals surface area contributed by atoms with Gasteiger partial charge in [0, 0.05) is 23.5 Å². The molecule has 0 spiro atoms. The molecule has 0 aromatic heterocycles. The maximum Gasteiger partial charge on any atom is 0.332 e. The van der Waals surface area contributed by atoms with Gasteiger partial charge in [0.1, 0.15) is 6.04 Å². The molecule has 0 aliphatic carbocycles. The molecule has 0 fully saturated rings. The Bertz CT molecular complexity index is 713. The van der Waals surface area contributed by atoms with E-state index in [2.05, 4.69) is 16.0 Å². The standard InChI is InChI=1S/C15H16N6O3/c16-15(24)19-17-9-13(20-21-8-4-3-7-18-21)14(23)12-6-2-1-5-11(12)10-22/h1-10,13,18,20H,(H3,16,19,24)/t13-/m0/s1. The number of Topliss-reactive ketones (excluding diaryl/α,β-unsaturated/α-hetero) is 1. The average molecular weight is 328 g/mol. The van der Waals surface area contributed by atoms with Crippen LogP contribution in [-0.2, 0) is 0 Å². The summed E-state index contributed by atoms with van der Waals surface area (Å²) in [6, 6.07) is 4.57. The number of carbonyl (C=O) groups is 3. The Morgan fingerprint density at radius 2 is 2.08 bits per heavy atom. The second kappa shape index (κ2) is 8.25. The number of benzene rings is 1. The minimum absolute atomic E-state index is 0.229. The van der Waals surface area contributed by atoms with Gasteiger partial charge in [0.15, 0.2) is 12.1 Å². The zero-order valence-corrected chi connectivity index (χ0v) is 12.5. The van der Waals surface area contributed by atoms with Gasteiger partial charge in [-0.1, -0.05) is 24.3 Å². The fourth-order valence-electron chi connectivity index (χ4n) is 1.91. The van der Waals surface area contributed by atoms with E-state index < -0.39 is 17.9 Å². The topological polar surface area (TPSA) is 129 Å². The maximum absolute atomic E-state index is 12.7. The molecule has 9 heteroatoms. The number of nitrogens with one attached hydrogen (secondary N) is 3. The smallest absolute Gasteiger partial charge is 0.332 e. The molecule has 2 amide bonds. The van der Waals surface area contributed by atoms with E-state index in [1.54, 1.807) is 36.7 Å². The lowest BCUT2D eigenvalue weighted by atomic mass is 10.0. The number of amides is 2. The van der Waals surface area contributed by atoms with Gasteiger partial charge in [-0.25, -0.2) is 15.3 Å². The van der Waals surface area contributed by atoms with Crippen molar-refractivity contribution in [2.45, 2.75) is 6.04 Å². The number of hydrazone groups is 1. The van der Waals surface area contributed by atoms with Crippen LogP contribution in [0.5, 0.6) is 0 Å². The van der Waals surface area contributed by atoms with Crippen LogP contribution in [0.2, 0.25) is 0 Å². The number of allylic oxidation sites excluding steroid dienone is 2. The molecule has 0 bridgehead atoms. The first-order valence-corrected chi connectivity index (χ1v) is 6.94. The zero-order chi connectivity index (χ0) is 17.4. The van der Waals surface area contributed by atoms with Gasteiger partial charge in [0.25, 0.3) is 0 Å². The molecular weight excluding hydrogens is 312 g/mol. The fraction of sp³-hybridized carbons (Fsp3) is 0.0667. The quantitative estimate of drug-likeness (QED) is 0.242. The van der Waals surface area contributed by atoms with Gasteiger partial charge >= 0.3 is 6.03 Å². The molecule has 0 radical (unpaired) electrons. The summed E-state index contributed by atoms with van der Waals surface area (Å²) in [6.07, 6.45) is 8.57. The van der Waals surface area contributed by atoms with Crippen molar-refractivity contribution in [2.24, 2.45) is 10.8 Å².